The maximum Gasteiger partial charge on any atom is -0.0130 e. The molecule has 0 heteroatoms. The van der Waals surface area contributed by atoms with Crippen LogP contribution >= 0.6 is 0 Å². The smallest absolute Gasteiger partial charge is 0.0130 e. The third-order valence-electron chi connectivity index (χ3n) is 2.30. The molecule has 0 N–H and O–H groups in total. The van der Waals surface area contributed by atoms with E-state index in [9.17, 15) is 0 Å². The monoisotopic (exact) mass is 120 g/mol. The summed E-state index contributed by atoms with van der Waals surface area (Å²) >= 11 is 0. The standard InChI is InChI=1S/C9H12/c1-7-5-8-3-2-4-9(8)6-7/h2-3,7H,4-6H2,1H3. The van der Waals surface area contributed by atoms with Gasteiger partial charge in [-0.1, -0.05) is 24.6 Å². The van der Waals surface area contributed by atoms with Crippen LogP contribution in [0.1, 0.15) is 26.2 Å². The molecule has 0 aromatic carbocycles. The van der Waals surface area contributed by atoms with Gasteiger partial charge in [0, 0.05) is 0 Å². The Morgan fingerprint density at radius 2 is 2.33 bits per heavy atom. The molecule has 0 amide bonds. The molecule has 0 aliphatic heterocycles. The topological polar surface area (TPSA) is 0 Å². The lowest BCUT2D eigenvalue weighted by Crippen LogP contribution is -1.85. The van der Waals surface area contributed by atoms with E-state index in [-0.39, 0.29) is 0 Å². The van der Waals surface area contributed by atoms with Gasteiger partial charge in [-0.25, -0.2) is 0 Å². The van der Waals surface area contributed by atoms with Crippen molar-refractivity contribution in [3.8, 4) is 0 Å². The van der Waals surface area contributed by atoms with Crippen molar-refractivity contribution in [3.05, 3.63) is 23.3 Å². The predicted octanol–water partition coefficient (Wildman–Crippen LogP) is 2.67. The highest BCUT2D eigenvalue weighted by Gasteiger charge is 2.20. The summed E-state index contributed by atoms with van der Waals surface area (Å²) in [4.78, 5) is 0. The summed E-state index contributed by atoms with van der Waals surface area (Å²) in [6.45, 7) is 2.34. The molecule has 0 aromatic heterocycles. The summed E-state index contributed by atoms with van der Waals surface area (Å²) in [5, 5.41) is 0. The molecule has 0 radical (unpaired) electrons. The molecule has 0 saturated heterocycles. The Morgan fingerprint density at radius 3 is 3.11 bits per heavy atom. The lowest BCUT2D eigenvalue weighted by Gasteiger charge is -1.99. The second-order valence-electron chi connectivity index (χ2n) is 3.25. The van der Waals surface area contributed by atoms with Crippen LogP contribution in [0.2, 0.25) is 0 Å². The summed E-state index contributed by atoms with van der Waals surface area (Å²) < 4.78 is 0. The third-order valence-corrected chi connectivity index (χ3v) is 2.30. The van der Waals surface area contributed by atoms with E-state index in [0.29, 0.717) is 0 Å². The van der Waals surface area contributed by atoms with E-state index in [4.69, 9.17) is 0 Å². The highest BCUT2D eigenvalue weighted by molar-refractivity contribution is 5.37. The van der Waals surface area contributed by atoms with Gasteiger partial charge in [0.25, 0.3) is 0 Å². The molecule has 0 bridgehead atoms. The van der Waals surface area contributed by atoms with Crippen LogP contribution in [0.4, 0.5) is 0 Å². The minimum absolute atomic E-state index is 0.931. The van der Waals surface area contributed by atoms with E-state index >= 15 is 0 Å². The molecular weight excluding hydrogens is 108 g/mol. The maximum absolute atomic E-state index is 2.34. The zero-order valence-electron chi connectivity index (χ0n) is 5.85. The molecule has 0 nitrogen and oxygen atoms in total. The Hall–Kier alpha value is -0.520. The van der Waals surface area contributed by atoms with Crippen molar-refractivity contribution in [2.24, 2.45) is 5.92 Å². The number of hydrogen-bond donors (Lipinski definition) is 0. The quantitative estimate of drug-likeness (QED) is 0.461. The molecular formula is C9H12. The van der Waals surface area contributed by atoms with E-state index in [2.05, 4.69) is 19.1 Å². The Bertz CT molecular complexity index is 184. The van der Waals surface area contributed by atoms with E-state index < -0.39 is 0 Å². The van der Waals surface area contributed by atoms with Gasteiger partial charge in [0.1, 0.15) is 0 Å². The van der Waals surface area contributed by atoms with Gasteiger partial charge in [-0.3, -0.25) is 0 Å². The highest BCUT2D eigenvalue weighted by atomic mass is 14.3. The Morgan fingerprint density at radius 1 is 1.44 bits per heavy atom. The third kappa shape index (κ3) is 0.735. The number of allylic oxidation sites excluding steroid dienone is 4. The van der Waals surface area contributed by atoms with Crippen molar-refractivity contribution in [2.75, 3.05) is 0 Å². The fourth-order valence-electron chi connectivity index (χ4n) is 1.89. The average Bonchev–Trinajstić information content (AvgIpc) is 2.22. The van der Waals surface area contributed by atoms with Crippen molar-refractivity contribution >= 4 is 0 Å². The van der Waals surface area contributed by atoms with Gasteiger partial charge in [-0.2, -0.15) is 0 Å². The lowest BCUT2D eigenvalue weighted by molar-refractivity contribution is 0.617. The first-order chi connectivity index (χ1) is 4.36. The first-order valence-electron chi connectivity index (χ1n) is 3.73. The van der Waals surface area contributed by atoms with Crippen LogP contribution in [0.5, 0.6) is 0 Å². The normalized spacial score (nSPS) is 31.9. The second-order valence-corrected chi connectivity index (χ2v) is 3.25. The molecule has 0 heterocycles. The van der Waals surface area contributed by atoms with Gasteiger partial charge in [-0.15, -0.1) is 0 Å². The molecule has 2 aliphatic rings. The van der Waals surface area contributed by atoms with Crippen molar-refractivity contribution < 1.29 is 0 Å². The number of hydrogen-bond acceptors (Lipinski definition) is 0. The van der Waals surface area contributed by atoms with Crippen LogP contribution < -0.4 is 0 Å². The first-order valence-corrected chi connectivity index (χ1v) is 3.73. The van der Waals surface area contributed by atoms with Crippen LogP contribution in [-0.2, 0) is 0 Å². The molecule has 2 aliphatic carbocycles. The maximum atomic E-state index is 2.34. The fourth-order valence-corrected chi connectivity index (χ4v) is 1.89. The largest absolute Gasteiger partial charge is 0.0802 e. The fraction of sp³-hybridized carbons (Fsp3) is 0.556. The van der Waals surface area contributed by atoms with Crippen molar-refractivity contribution in [2.45, 2.75) is 26.2 Å². The Kier molecular flexibility index (Phi) is 1.01. The Balaban J connectivity index is 2.22. The Labute approximate surface area is 56.3 Å². The van der Waals surface area contributed by atoms with Crippen molar-refractivity contribution in [3.63, 3.8) is 0 Å². The van der Waals surface area contributed by atoms with Gasteiger partial charge in [0.15, 0.2) is 0 Å². The summed E-state index contributed by atoms with van der Waals surface area (Å²) in [5.41, 5.74) is 3.35. The lowest BCUT2D eigenvalue weighted by atomic mass is 10.1. The molecule has 0 fully saturated rings. The average molecular weight is 120 g/mol. The molecule has 48 valence electrons. The van der Waals surface area contributed by atoms with Crippen LogP contribution in [0.3, 0.4) is 0 Å². The first kappa shape index (κ1) is 5.28. The molecule has 9 heavy (non-hydrogen) atoms. The van der Waals surface area contributed by atoms with Crippen LogP contribution in [0.15, 0.2) is 23.3 Å². The zero-order chi connectivity index (χ0) is 6.27. The molecule has 0 aromatic rings. The molecule has 0 spiro atoms. The molecule has 1 atom stereocenters. The van der Waals surface area contributed by atoms with Gasteiger partial charge in [0.05, 0.1) is 0 Å². The molecule has 0 saturated carbocycles. The minimum atomic E-state index is 0.931. The minimum Gasteiger partial charge on any atom is -0.0802 e. The van der Waals surface area contributed by atoms with Crippen molar-refractivity contribution in [1.29, 1.82) is 0 Å². The van der Waals surface area contributed by atoms with E-state index in [1.54, 1.807) is 11.1 Å². The summed E-state index contributed by atoms with van der Waals surface area (Å²) in [5.74, 6) is 0.931. The zero-order valence-corrected chi connectivity index (χ0v) is 5.85. The number of rotatable bonds is 0. The van der Waals surface area contributed by atoms with Gasteiger partial charge in [-0.05, 0) is 30.8 Å². The highest BCUT2D eigenvalue weighted by Crippen LogP contribution is 2.37. The van der Waals surface area contributed by atoms with Crippen LogP contribution in [-0.4, -0.2) is 0 Å². The van der Waals surface area contributed by atoms with Crippen molar-refractivity contribution in [1.82, 2.24) is 0 Å². The van der Waals surface area contributed by atoms with Gasteiger partial charge >= 0.3 is 0 Å². The predicted molar refractivity (Wildman–Crippen MR) is 39.2 cm³/mol. The van der Waals surface area contributed by atoms with Crippen LogP contribution in [0.25, 0.3) is 0 Å². The summed E-state index contributed by atoms with van der Waals surface area (Å²) in [6, 6.07) is 0. The molecule has 1 unspecified atom stereocenters. The van der Waals surface area contributed by atoms with Gasteiger partial charge < -0.3 is 0 Å². The second kappa shape index (κ2) is 1.73. The van der Waals surface area contributed by atoms with Gasteiger partial charge in [0.2, 0.25) is 0 Å². The van der Waals surface area contributed by atoms with E-state index in [1.807, 2.05) is 0 Å². The van der Waals surface area contributed by atoms with E-state index in [0.717, 1.165) is 5.92 Å². The summed E-state index contributed by atoms with van der Waals surface area (Å²) in [7, 11) is 0. The van der Waals surface area contributed by atoms with Crippen LogP contribution in [0, 0.1) is 5.92 Å². The summed E-state index contributed by atoms with van der Waals surface area (Å²) in [6.07, 6.45) is 8.54. The SMILES string of the molecule is CC1CC2=C(CC=C2)C1. The molecule has 2 rings (SSSR count). The van der Waals surface area contributed by atoms with E-state index in [1.165, 1.54) is 19.3 Å².